The van der Waals surface area contributed by atoms with Crippen LogP contribution in [-0.4, -0.2) is 27.4 Å². The van der Waals surface area contributed by atoms with E-state index in [1.807, 2.05) is 35.1 Å². The maximum Gasteiger partial charge on any atom is 0.148 e. The summed E-state index contributed by atoms with van der Waals surface area (Å²) in [6.07, 6.45) is 1.93. The summed E-state index contributed by atoms with van der Waals surface area (Å²) in [5.41, 5.74) is 2.04. The minimum Gasteiger partial charge on any atom is -0.360 e. The lowest BCUT2D eigenvalue weighted by molar-refractivity contribution is 0.142. The number of ether oxygens (including phenoxy) is 1. The van der Waals surface area contributed by atoms with Crippen LogP contribution in [0.3, 0.4) is 0 Å². The van der Waals surface area contributed by atoms with Gasteiger partial charge in [-0.15, -0.1) is 16.9 Å². The molecule has 1 aromatic heterocycles. The number of benzene rings is 1. The van der Waals surface area contributed by atoms with Gasteiger partial charge in [-0.1, -0.05) is 28.9 Å². The van der Waals surface area contributed by atoms with Crippen LogP contribution in [0.1, 0.15) is 16.7 Å². The molecule has 0 saturated carbocycles. The van der Waals surface area contributed by atoms with Crippen LogP contribution in [-0.2, 0) is 11.3 Å². The van der Waals surface area contributed by atoms with Crippen molar-refractivity contribution in [3.63, 3.8) is 0 Å². The Bertz CT molecular complexity index is 540. The van der Waals surface area contributed by atoms with Gasteiger partial charge in [-0.05, 0) is 17.7 Å². The summed E-state index contributed by atoms with van der Waals surface area (Å²) >= 11 is 7.71. The normalized spacial score (nSPS) is 19.3. The van der Waals surface area contributed by atoms with Gasteiger partial charge in [0.15, 0.2) is 0 Å². The van der Waals surface area contributed by atoms with Gasteiger partial charge in [0.2, 0.25) is 0 Å². The smallest absolute Gasteiger partial charge is 0.148 e. The Morgan fingerprint density at radius 2 is 2.44 bits per heavy atom. The first-order valence-corrected chi connectivity index (χ1v) is 7.11. The standard InChI is InChI=1S/C12H12ClN3OS/c13-10-3-1-2-9(6-10)7-16-8-11(14-15-16)12-17-4-5-18-12/h1-3,6,8,12H,4-5,7H2/t12-/m0/s1. The minimum absolute atomic E-state index is 0.0399. The van der Waals surface area contributed by atoms with Gasteiger partial charge in [-0.2, -0.15) is 0 Å². The van der Waals surface area contributed by atoms with Crippen molar-refractivity contribution in [3.8, 4) is 0 Å². The number of aromatic nitrogens is 3. The minimum atomic E-state index is 0.0399. The first-order chi connectivity index (χ1) is 8.81. The van der Waals surface area contributed by atoms with Crippen molar-refractivity contribution in [2.75, 3.05) is 12.4 Å². The monoisotopic (exact) mass is 281 g/mol. The van der Waals surface area contributed by atoms with Crippen molar-refractivity contribution >= 4 is 23.4 Å². The molecule has 1 aliphatic rings. The largest absolute Gasteiger partial charge is 0.360 e. The summed E-state index contributed by atoms with van der Waals surface area (Å²) < 4.78 is 7.36. The molecule has 1 aliphatic heterocycles. The van der Waals surface area contributed by atoms with Gasteiger partial charge in [0.1, 0.15) is 11.1 Å². The maximum absolute atomic E-state index is 5.95. The van der Waals surface area contributed by atoms with Crippen molar-refractivity contribution in [3.05, 3.63) is 46.7 Å². The number of hydrogen-bond acceptors (Lipinski definition) is 4. The molecule has 2 aromatic rings. The molecule has 3 rings (SSSR count). The summed E-state index contributed by atoms with van der Waals surface area (Å²) in [5, 5.41) is 9.01. The fraction of sp³-hybridized carbons (Fsp3) is 0.333. The molecule has 0 bridgehead atoms. The number of rotatable bonds is 3. The second-order valence-corrected chi connectivity index (χ2v) is 5.65. The SMILES string of the molecule is Clc1cccc(Cn2cc([C@H]3OCCS3)nn2)c1. The molecule has 6 heteroatoms. The fourth-order valence-corrected chi connectivity index (χ4v) is 2.94. The van der Waals surface area contributed by atoms with Crippen LogP contribution in [0.4, 0.5) is 0 Å². The molecule has 0 aliphatic carbocycles. The highest BCUT2D eigenvalue weighted by atomic mass is 35.5. The first-order valence-electron chi connectivity index (χ1n) is 5.69. The third kappa shape index (κ3) is 2.68. The van der Waals surface area contributed by atoms with E-state index in [0.29, 0.717) is 6.54 Å². The van der Waals surface area contributed by atoms with E-state index in [1.165, 1.54) is 0 Å². The van der Waals surface area contributed by atoms with Crippen LogP contribution >= 0.6 is 23.4 Å². The number of nitrogens with zero attached hydrogens (tertiary/aromatic N) is 3. The average molecular weight is 282 g/mol. The molecule has 2 heterocycles. The van der Waals surface area contributed by atoms with E-state index in [2.05, 4.69) is 10.3 Å². The van der Waals surface area contributed by atoms with Crippen LogP contribution < -0.4 is 0 Å². The van der Waals surface area contributed by atoms with E-state index in [-0.39, 0.29) is 5.44 Å². The van der Waals surface area contributed by atoms with Crippen molar-refractivity contribution in [2.45, 2.75) is 12.0 Å². The topological polar surface area (TPSA) is 39.9 Å². The maximum atomic E-state index is 5.95. The molecule has 0 radical (unpaired) electrons. The number of hydrogen-bond donors (Lipinski definition) is 0. The third-order valence-electron chi connectivity index (χ3n) is 2.65. The predicted octanol–water partition coefficient (Wildman–Crippen LogP) is 2.74. The molecule has 1 aromatic carbocycles. The van der Waals surface area contributed by atoms with Gasteiger partial charge in [0.05, 0.1) is 19.3 Å². The van der Waals surface area contributed by atoms with Crippen molar-refractivity contribution in [1.29, 1.82) is 0 Å². The predicted molar refractivity (Wildman–Crippen MR) is 71.7 cm³/mol. The van der Waals surface area contributed by atoms with Crippen LogP contribution in [0.5, 0.6) is 0 Å². The van der Waals surface area contributed by atoms with Gasteiger partial charge in [0, 0.05) is 10.8 Å². The highest BCUT2D eigenvalue weighted by Crippen LogP contribution is 2.33. The molecule has 0 unspecified atom stereocenters. The van der Waals surface area contributed by atoms with E-state index >= 15 is 0 Å². The van der Waals surface area contributed by atoms with Gasteiger partial charge >= 0.3 is 0 Å². The lowest BCUT2D eigenvalue weighted by Crippen LogP contribution is -2.00. The van der Waals surface area contributed by atoms with Crippen molar-refractivity contribution < 1.29 is 4.74 Å². The molecule has 1 saturated heterocycles. The highest BCUT2D eigenvalue weighted by molar-refractivity contribution is 7.99. The van der Waals surface area contributed by atoms with Crippen LogP contribution in [0, 0.1) is 0 Å². The van der Waals surface area contributed by atoms with Crippen LogP contribution in [0.15, 0.2) is 30.5 Å². The quantitative estimate of drug-likeness (QED) is 0.867. The lowest BCUT2D eigenvalue weighted by atomic mass is 10.2. The molecule has 4 nitrogen and oxygen atoms in total. The van der Waals surface area contributed by atoms with Gasteiger partial charge in [0.25, 0.3) is 0 Å². The summed E-state index contributed by atoms with van der Waals surface area (Å²) in [6.45, 7) is 1.46. The molecular formula is C12H12ClN3OS. The second kappa shape index (κ2) is 5.30. The Balaban J connectivity index is 1.73. The second-order valence-electron chi connectivity index (χ2n) is 4.04. The van der Waals surface area contributed by atoms with Crippen molar-refractivity contribution in [1.82, 2.24) is 15.0 Å². The lowest BCUT2D eigenvalue weighted by Gasteiger charge is -2.03. The van der Waals surface area contributed by atoms with E-state index in [4.69, 9.17) is 16.3 Å². The van der Waals surface area contributed by atoms with E-state index < -0.39 is 0 Å². The zero-order chi connectivity index (χ0) is 12.4. The summed E-state index contributed by atoms with van der Waals surface area (Å²) in [4.78, 5) is 0. The zero-order valence-electron chi connectivity index (χ0n) is 9.62. The molecular weight excluding hydrogens is 270 g/mol. The third-order valence-corrected chi connectivity index (χ3v) is 3.97. The summed E-state index contributed by atoms with van der Waals surface area (Å²) in [6, 6.07) is 7.75. The molecule has 94 valence electrons. The molecule has 18 heavy (non-hydrogen) atoms. The zero-order valence-corrected chi connectivity index (χ0v) is 11.2. The Morgan fingerprint density at radius 1 is 1.50 bits per heavy atom. The first kappa shape index (κ1) is 12.0. The van der Waals surface area contributed by atoms with Gasteiger partial charge in [-0.25, -0.2) is 4.68 Å². The Labute approximate surface area is 114 Å². The number of thioether (sulfide) groups is 1. The van der Waals surface area contributed by atoms with Crippen LogP contribution in [0.2, 0.25) is 5.02 Å². The average Bonchev–Trinajstić information content (AvgIpc) is 2.98. The molecule has 1 fully saturated rings. The van der Waals surface area contributed by atoms with E-state index in [0.717, 1.165) is 28.6 Å². The van der Waals surface area contributed by atoms with E-state index in [1.54, 1.807) is 11.8 Å². The molecule has 0 spiro atoms. The Kier molecular flexibility index (Phi) is 3.54. The molecule has 1 atom stereocenters. The fourth-order valence-electron chi connectivity index (χ4n) is 1.85. The van der Waals surface area contributed by atoms with Crippen molar-refractivity contribution in [2.24, 2.45) is 0 Å². The number of halogens is 1. The summed E-state index contributed by atoms with van der Waals surface area (Å²) in [5.74, 6) is 1.02. The molecule has 0 N–H and O–H groups in total. The van der Waals surface area contributed by atoms with E-state index in [9.17, 15) is 0 Å². The summed E-state index contributed by atoms with van der Waals surface area (Å²) in [7, 11) is 0. The Morgan fingerprint density at radius 3 is 3.22 bits per heavy atom. The Hall–Kier alpha value is -1.04. The van der Waals surface area contributed by atoms with Crippen LogP contribution in [0.25, 0.3) is 0 Å². The highest BCUT2D eigenvalue weighted by Gasteiger charge is 2.21. The van der Waals surface area contributed by atoms with Gasteiger partial charge < -0.3 is 4.74 Å². The van der Waals surface area contributed by atoms with Gasteiger partial charge in [-0.3, -0.25) is 0 Å². The molecule has 0 amide bonds.